The molecule has 0 atom stereocenters. The van der Waals surface area contributed by atoms with E-state index in [0.717, 1.165) is 16.8 Å². The fourth-order valence-corrected chi connectivity index (χ4v) is 3.00. The van der Waals surface area contributed by atoms with Gasteiger partial charge >= 0.3 is 0 Å². The summed E-state index contributed by atoms with van der Waals surface area (Å²) in [6, 6.07) is 12.8. The maximum atomic E-state index is 12.6. The molecule has 1 amide bonds. The smallest absolute Gasteiger partial charge is 0.262 e. The molecule has 6 heteroatoms. The fraction of sp³-hybridized carbons (Fsp3) is 0.273. The number of pyridine rings is 1. The summed E-state index contributed by atoms with van der Waals surface area (Å²) in [6.07, 6.45) is 1.72. The molecular weight excluding hydrogens is 356 g/mol. The van der Waals surface area contributed by atoms with Crippen molar-refractivity contribution < 1.29 is 14.3 Å². The molecule has 1 heterocycles. The third-order valence-corrected chi connectivity index (χ3v) is 4.75. The molecule has 3 rings (SSSR count). The summed E-state index contributed by atoms with van der Waals surface area (Å²) in [4.78, 5) is 24.9. The maximum absolute atomic E-state index is 12.6. The molecule has 2 aromatic carbocycles. The molecule has 0 aliphatic rings. The Morgan fingerprint density at radius 2 is 1.86 bits per heavy atom. The molecule has 0 unspecified atom stereocenters. The van der Waals surface area contributed by atoms with Gasteiger partial charge in [0.05, 0.1) is 12.0 Å². The highest BCUT2D eigenvalue weighted by Gasteiger charge is 2.10. The summed E-state index contributed by atoms with van der Waals surface area (Å²) >= 11 is 0. The summed E-state index contributed by atoms with van der Waals surface area (Å²) in [6.45, 7) is 4.76. The van der Waals surface area contributed by atoms with Crippen LogP contribution >= 0.6 is 0 Å². The second-order valence-electron chi connectivity index (χ2n) is 6.61. The molecule has 3 aromatic rings. The molecule has 146 valence electrons. The number of fused-ring (bicyclic) bond motifs is 1. The van der Waals surface area contributed by atoms with Gasteiger partial charge in [0.2, 0.25) is 0 Å². The van der Waals surface area contributed by atoms with Gasteiger partial charge in [0, 0.05) is 30.9 Å². The number of anilines is 1. The van der Waals surface area contributed by atoms with Crippen LogP contribution in [0, 0.1) is 13.8 Å². The van der Waals surface area contributed by atoms with E-state index >= 15 is 0 Å². The Morgan fingerprint density at radius 1 is 1.07 bits per heavy atom. The minimum absolute atomic E-state index is 0.111. The Balaban J connectivity index is 1.75. The number of hydrogen-bond donors (Lipinski definition) is 1. The lowest BCUT2D eigenvalue weighted by atomic mass is 10.1. The van der Waals surface area contributed by atoms with Gasteiger partial charge in [0.25, 0.3) is 11.5 Å². The van der Waals surface area contributed by atoms with Crippen LogP contribution in [0.5, 0.6) is 5.75 Å². The topological polar surface area (TPSA) is 69.6 Å². The van der Waals surface area contributed by atoms with Gasteiger partial charge in [-0.2, -0.15) is 0 Å². The fourth-order valence-electron chi connectivity index (χ4n) is 3.00. The predicted molar refractivity (Wildman–Crippen MR) is 110 cm³/mol. The molecule has 0 aliphatic carbocycles. The number of benzene rings is 2. The lowest BCUT2D eigenvalue weighted by Gasteiger charge is -2.13. The molecule has 0 bridgehead atoms. The number of nitrogens with zero attached hydrogens (tertiary/aromatic N) is 1. The first-order valence-electron chi connectivity index (χ1n) is 9.11. The lowest BCUT2D eigenvalue weighted by Crippen LogP contribution is -2.22. The zero-order chi connectivity index (χ0) is 20.1. The molecule has 0 saturated heterocycles. The van der Waals surface area contributed by atoms with Crippen molar-refractivity contribution in [2.24, 2.45) is 0 Å². The highest BCUT2D eigenvalue weighted by atomic mass is 16.5. The number of carbonyl (C=O) groups is 1. The van der Waals surface area contributed by atoms with Crippen LogP contribution in [-0.4, -0.2) is 30.8 Å². The minimum Gasteiger partial charge on any atom is -0.483 e. The van der Waals surface area contributed by atoms with E-state index in [4.69, 9.17) is 9.47 Å². The Kier molecular flexibility index (Phi) is 6.11. The standard InChI is InChI=1S/C22H24N2O4/c1-15-6-4-8-19(16(15)2)23-21(25)14-28-20-9-5-7-18-17(20)10-11-24(22(18)26)12-13-27-3/h4-11H,12-14H2,1-3H3,(H,23,25). The van der Waals surface area contributed by atoms with Crippen LogP contribution in [0.3, 0.4) is 0 Å². The van der Waals surface area contributed by atoms with Crippen LogP contribution in [0.2, 0.25) is 0 Å². The Labute approximate surface area is 163 Å². The number of hydrogen-bond acceptors (Lipinski definition) is 4. The number of rotatable bonds is 7. The predicted octanol–water partition coefficient (Wildman–Crippen LogP) is 3.28. The van der Waals surface area contributed by atoms with Crippen molar-refractivity contribution in [1.29, 1.82) is 0 Å². The van der Waals surface area contributed by atoms with E-state index in [0.29, 0.717) is 29.7 Å². The third-order valence-electron chi connectivity index (χ3n) is 4.75. The number of aromatic nitrogens is 1. The zero-order valence-corrected chi connectivity index (χ0v) is 16.3. The van der Waals surface area contributed by atoms with E-state index in [1.807, 2.05) is 38.1 Å². The first-order chi connectivity index (χ1) is 13.5. The average molecular weight is 380 g/mol. The summed E-state index contributed by atoms with van der Waals surface area (Å²) in [5, 5.41) is 4.10. The van der Waals surface area contributed by atoms with Gasteiger partial charge in [0.15, 0.2) is 6.61 Å². The Morgan fingerprint density at radius 3 is 2.64 bits per heavy atom. The highest BCUT2D eigenvalue weighted by Crippen LogP contribution is 2.23. The normalized spacial score (nSPS) is 10.8. The number of ether oxygens (including phenoxy) is 2. The summed E-state index contributed by atoms with van der Waals surface area (Å²) in [7, 11) is 1.60. The maximum Gasteiger partial charge on any atom is 0.262 e. The summed E-state index contributed by atoms with van der Waals surface area (Å²) < 4.78 is 12.4. The van der Waals surface area contributed by atoms with Crippen molar-refractivity contribution in [2.45, 2.75) is 20.4 Å². The Bertz CT molecular complexity index is 1060. The molecule has 1 aromatic heterocycles. The van der Waals surface area contributed by atoms with Gasteiger partial charge in [-0.05, 0) is 49.2 Å². The minimum atomic E-state index is -0.251. The SMILES string of the molecule is COCCn1ccc2c(OCC(=O)Nc3cccc(C)c3C)cccc2c1=O. The van der Waals surface area contributed by atoms with Crippen LogP contribution in [0.4, 0.5) is 5.69 Å². The number of methoxy groups -OCH3 is 1. The van der Waals surface area contributed by atoms with Gasteiger partial charge < -0.3 is 19.4 Å². The van der Waals surface area contributed by atoms with Gasteiger partial charge in [-0.3, -0.25) is 9.59 Å². The van der Waals surface area contributed by atoms with Crippen LogP contribution in [0.1, 0.15) is 11.1 Å². The van der Waals surface area contributed by atoms with Crippen molar-refractivity contribution >= 4 is 22.4 Å². The quantitative estimate of drug-likeness (QED) is 0.683. The van der Waals surface area contributed by atoms with Gasteiger partial charge in [-0.25, -0.2) is 0 Å². The molecule has 0 saturated carbocycles. The number of amides is 1. The summed E-state index contributed by atoms with van der Waals surface area (Å²) in [5.41, 5.74) is 2.79. The van der Waals surface area contributed by atoms with Crippen LogP contribution in [0.25, 0.3) is 10.8 Å². The van der Waals surface area contributed by atoms with Crippen molar-refractivity contribution in [3.63, 3.8) is 0 Å². The number of aryl methyl sites for hydroxylation is 1. The number of carbonyl (C=O) groups excluding carboxylic acids is 1. The molecule has 28 heavy (non-hydrogen) atoms. The molecule has 1 N–H and O–H groups in total. The van der Waals surface area contributed by atoms with Gasteiger partial charge in [-0.1, -0.05) is 18.2 Å². The van der Waals surface area contributed by atoms with E-state index in [9.17, 15) is 9.59 Å². The van der Waals surface area contributed by atoms with E-state index in [2.05, 4.69) is 5.32 Å². The Hall–Kier alpha value is -3.12. The highest BCUT2D eigenvalue weighted by molar-refractivity contribution is 5.93. The molecule has 0 aliphatic heterocycles. The van der Waals surface area contributed by atoms with Crippen LogP contribution in [-0.2, 0) is 16.1 Å². The molecule has 0 spiro atoms. The van der Waals surface area contributed by atoms with E-state index in [1.54, 1.807) is 36.1 Å². The molecule has 6 nitrogen and oxygen atoms in total. The second kappa shape index (κ2) is 8.71. The lowest BCUT2D eigenvalue weighted by molar-refractivity contribution is -0.118. The van der Waals surface area contributed by atoms with Crippen molar-refractivity contribution in [3.05, 3.63) is 70.1 Å². The van der Waals surface area contributed by atoms with Crippen molar-refractivity contribution in [1.82, 2.24) is 4.57 Å². The molecular formula is C22H24N2O4. The van der Waals surface area contributed by atoms with Gasteiger partial charge in [0.1, 0.15) is 5.75 Å². The van der Waals surface area contributed by atoms with E-state index in [1.165, 1.54) is 0 Å². The van der Waals surface area contributed by atoms with Gasteiger partial charge in [-0.15, -0.1) is 0 Å². The third kappa shape index (κ3) is 4.23. The number of nitrogens with one attached hydrogen (secondary N) is 1. The monoisotopic (exact) mass is 380 g/mol. The van der Waals surface area contributed by atoms with E-state index < -0.39 is 0 Å². The first-order valence-corrected chi connectivity index (χ1v) is 9.11. The largest absolute Gasteiger partial charge is 0.483 e. The van der Waals surface area contributed by atoms with Crippen molar-refractivity contribution in [2.75, 3.05) is 25.6 Å². The van der Waals surface area contributed by atoms with Crippen LogP contribution in [0.15, 0.2) is 53.5 Å². The molecule has 0 fully saturated rings. The summed E-state index contributed by atoms with van der Waals surface area (Å²) in [5.74, 6) is 0.253. The van der Waals surface area contributed by atoms with E-state index in [-0.39, 0.29) is 18.1 Å². The molecule has 0 radical (unpaired) electrons. The average Bonchev–Trinajstić information content (AvgIpc) is 2.69. The zero-order valence-electron chi connectivity index (χ0n) is 16.3. The van der Waals surface area contributed by atoms with Crippen LogP contribution < -0.4 is 15.6 Å². The van der Waals surface area contributed by atoms with Crippen molar-refractivity contribution in [3.8, 4) is 5.75 Å². The second-order valence-corrected chi connectivity index (χ2v) is 6.61. The first kappa shape index (κ1) is 19.6.